The van der Waals surface area contributed by atoms with Crippen molar-refractivity contribution in [3.8, 4) is 0 Å². The van der Waals surface area contributed by atoms with Gasteiger partial charge in [-0.3, -0.25) is 14.3 Å². The lowest BCUT2D eigenvalue weighted by Gasteiger charge is -2.10. The standard InChI is InChI=1S/C21H30N4O2/c1-6-7-11-25-16(5)20(15(4)24-25)23-21(27)17-9-8-10-18(13-17)22-19(26)12-14(2)3/h8-10,13-14H,6-7,11-12H2,1-5H3,(H,22,26)(H,23,27). The van der Waals surface area contributed by atoms with Gasteiger partial charge in [-0.1, -0.05) is 33.3 Å². The van der Waals surface area contributed by atoms with E-state index >= 15 is 0 Å². The lowest BCUT2D eigenvalue weighted by Crippen LogP contribution is -2.16. The van der Waals surface area contributed by atoms with Gasteiger partial charge in [0.15, 0.2) is 0 Å². The van der Waals surface area contributed by atoms with Gasteiger partial charge in [-0.15, -0.1) is 0 Å². The van der Waals surface area contributed by atoms with Crippen LogP contribution < -0.4 is 10.6 Å². The fourth-order valence-corrected chi connectivity index (χ4v) is 2.91. The Labute approximate surface area is 161 Å². The third kappa shape index (κ3) is 5.67. The molecular weight excluding hydrogens is 340 g/mol. The highest BCUT2D eigenvalue weighted by atomic mass is 16.2. The number of nitrogens with one attached hydrogen (secondary N) is 2. The Bertz CT molecular complexity index is 809. The van der Waals surface area contributed by atoms with Gasteiger partial charge in [-0.05, 0) is 44.4 Å². The molecule has 0 bridgehead atoms. The summed E-state index contributed by atoms with van der Waals surface area (Å²) in [6.07, 6.45) is 2.59. The monoisotopic (exact) mass is 370 g/mol. The van der Waals surface area contributed by atoms with Crippen molar-refractivity contribution in [1.82, 2.24) is 9.78 Å². The summed E-state index contributed by atoms with van der Waals surface area (Å²) in [5, 5.41) is 10.3. The third-order valence-corrected chi connectivity index (χ3v) is 4.35. The molecule has 0 saturated carbocycles. The molecule has 2 rings (SSSR count). The van der Waals surface area contributed by atoms with Crippen molar-refractivity contribution in [2.45, 2.75) is 60.4 Å². The fourth-order valence-electron chi connectivity index (χ4n) is 2.91. The van der Waals surface area contributed by atoms with Crippen LogP contribution >= 0.6 is 0 Å². The molecule has 0 aliphatic carbocycles. The molecule has 0 atom stereocenters. The average molecular weight is 370 g/mol. The lowest BCUT2D eigenvalue weighted by molar-refractivity contribution is -0.116. The Morgan fingerprint density at radius 3 is 2.59 bits per heavy atom. The van der Waals surface area contributed by atoms with Crippen LogP contribution in [-0.2, 0) is 11.3 Å². The van der Waals surface area contributed by atoms with Crippen LogP contribution in [0.25, 0.3) is 0 Å². The largest absolute Gasteiger partial charge is 0.326 e. The number of anilines is 2. The van der Waals surface area contributed by atoms with Crippen LogP contribution in [0.5, 0.6) is 0 Å². The summed E-state index contributed by atoms with van der Waals surface area (Å²) in [6.45, 7) is 10.8. The van der Waals surface area contributed by atoms with E-state index in [0.29, 0.717) is 17.7 Å². The van der Waals surface area contributed by atoms with E-state index in [1.165, 1.54) is 0 Å². The number of nitrogens with zero attached hydrogens (tertiary/aromatic N) is 2. The first-order valence-corrected chi connectivity index (χ1v) is 9.57. The number of aryl methyl sites for hydroxylation is 2. The molecule has 1 aromatic carbocycles. The van der Waals surface area contributed by atoms with Crippen LogP contribution in [0, 0.1) is 19.8 Å². The quantitative estimate of drug-likeness (QED) is 0.716. The normalized spacial score (nSPS) is 10.9. The van der Waals surface area contributed by atoms with Gasteiger partial charge in [0.05, 0.1) is 17.1 Å². The molecule has 0 aliphatic heterocycles. The zero-order valence-electron chi connectivity index (χ0n) is 16.9. The maximum absolute atomic E-state index is 12.7. The van der Waals surface area contributed by atoms with Gasteiger partial charge in [-0.2, -0.15) is 5.10 Å². The van der Waals surface area contributed by atoms with Crippen LogP contribution in [0.3, 0.4) is 0 Å². The van der Waals surface area contributed by atoms with E-state index in [4.69, 9.17) is 0 Å². The highest BCUT2D eigenvalue weighted by Crippen LogP contribution is 2.21. The minimum Gasteiger partial charge on any atom is -0.326 e. The molecule has 6 heteroatoms. The number of hydrogen-bond donors (Lipinski definition) is 2. The molecular formula is C21H30N4O2. The van der Waals surface area contributed by atoms with Gasteiger partial charge < -0.3 is 10.6 Å². The molecule has 2 amide bonds. The highest BCUT2D eigenvalue weighted by Gasteiger charge is 2.15. The summed E-state index contributed by atoms with van der Waals surface area (Å²) in [7, 11) is 0. The SMILES string of the molecule is CCCCn1nc(C)c(NC(=O)c2cccc(NC(=O)CC(C)C)c2)c1C. The number of benzene rings is 1. The molecule has 1 heterocycles. The first-order chi connectivity index (χ1) is 12.8. The maximum atomic E-state index is 12.7. The van der Waals surface area contributed by atoms with E-state index in [0.717, 1.165) is 36.5 Å². The molecule has 0 fully saturated rings. The van der Waals surface area contributed by atoms with Gasteiger partial charge in [0, 0.05) is 24.2 Å². The Hall–Kier alpha value is -2.63. The highest BCUT2D eigenvalue weighted by molar-refractivity contribution is 6.05. The summed E-state index contributed by atoms with van der Waals surface area (Å²) < 4.78 is 1.94. The number of hydrogen-bond acceptors (Lipinski definition) is 3. The minimum atomic E-state index is -0.212. The smallest absolute Gasteiger partial charge is 0.255 e. The first kappa shape index (κ1) is 20.7. The Morgan fingerprint density at radius 2 is 1.93 bits per heavy atom. The molecule has 0 aliphatic rings. The molecule has 2 N–H and O–H groups in total. The van der Waals surface area contributed by atoms with E-state index in [1.807, 2.05) is 32.4 Å². The fraction of sp³-hybridized carbons (Fsp3) is 0.476. The van der Waals surface area contributed by atoms with Crippen molar-refractivity contribution in [2.75, 3.05) is 10.6 Å². The van der Waals surface area contributed by atoms with E-state index in [2.05, 4.69) is 22.7 Å². The molecule has 146 valence electrons. The summed E-state index contributed by atoms with van der Waals surface area (Å²) in [5.74, 6) is 0.0225. The predicted octanol–water partition coefficient (Wildman–Crippen LogP) is 4.54. The predicted molar refractivity (Wildman–Crippen MR) is 109 cm³/mol. The summed E-state index contributed by atoms with van der Waals surface area (Å²) in [5.41, 5.74) is 3.64. The minimum absolute atomic E-state index is 0.0496. The topological polar surface area (TPSA) is 76.0 Å². The van der Waals surface area contributed by atoms with Gasteiger partial charge in [0.1, 0.15) is 0 Å². The van der Waals surface area contributed by atoms with Gasteiger partial charge >= 0.3 is 0 Å². The Kier molecular flexibility index (Phi) is 7.16. The van der Waals surface area contributed by atoms with Crippen LogP contribution in [0.1, 0.15) is 61.8 Å². The van der Waals surface area contributed by atoms with Gasteiger partial charge in [-0.25, -0.2) is 0 Å². The second kappa shape index (κ2) is 9.35. The number of aromatic nitrogens is 2. The zero-order chi connectivity index (χ0) is 20.0. The van der Waals surface area contributed by atoms with Crippen LogP contribution in [0.2, 0.25) is 0 Å². The number of amides is 2. The molecule has 6 nitrogen and oxygen atoms in total. The van der Waals surface area contributed by atoms with E-state index in [1.54, 1.807) is 24.3 Å². The lowest BCUT2D eigenvalue weighted by atomic mass is 10.1. The maximum Gasteiger partial charge on any atom is 0.255 e. The van der Waals surface area contributed by atoms with Crippen molar-refractivity contribution in [3.05, 3.63) is 41.2 Å². The zero-order valence-corrected chi connectivity index (χ0v) is 16.9. The number of rotatable bonds is 8. The third-order valence-electron chi connectivity index (χ3n) is 4.35. The second-order valence-corrected chi connectivity index (χ2v) is 7.30. The number of carbonyl (C=O) groups is 2. The molecule has 0 saturated heterocycles. The van der Waals surface area contributed by atoms with E-state index < -0.39 is 0 Å². The molecule has 0 radical (unpaired) electrons. The summed E-state index contributed by atoms with van der Waals surface area (Å²) in [6, 6.07) is 6.98. The second-order valence-electron chi connectivity index (χ2n) is 7.30. The van der Waals surface area contributed by atoms with Crippen LogP contribution in [0.15, 0.2) is 24.3 Å². The van der Waals surface area contributed by atoms with Crippen LogP contribution in [0.4, 0.5) is 11.4 Å². The first-order valence-electron chi connectivity index (χ1n) is 9.57. The molecule has 2 aromatic rings. The molecule has 0 spiro atoms. The molecule has 27 heavy (non-hydrogen) atoms. The average Bonchev–Trinajstić information content (AvgIpc) is 2.86. The van der Waals surface area contributed by atoms with Gasteiger partial charge in [0.2, 0.25) is 5.91 Å². The van der Waals surface area contributed by atoms with E-state index in [9.17, 15) is 9.59 Å². The van der Waals surface area contributed by atoms with Gasteiger partial charge in [0.25, 0.3) is 5.91 Å². The number of unbranched alkanes of at least 4 members (excludes halogenated alkanes) is 1. The summed E-state index contributed by atoms with van der Waals surface area (Å²) in [4.78, 5) is 24.6. The molecule has 0 unspecified atom stereocenters. The molecule has 1 aromatic heterocycles. The number of carbonyl (C=O) groups excluding carboxylic acids is 2. The Balaban J connectivity index is 2.11. The van der Waals surface area contributed by atoms with Crippen molar-refractivity contribution in [1.29, 1.82) is 0 Å². The van der Waals surface area contributed by atoms with Crippen molar-refractivity contribution >= 4 is 23.2 Å². The summed E-state index contributed by atoms with van der Waals surface area (Å²) >= 11 is 0. The Morgan fingerprint density at radius 1 is 1.19 bits per heavy atom. The van der Waals surface area contributed by atoms with E-state index in [-0.39, 0.29) is 17.7 Å². The van der Waals surface area contributed by atoms with Crippen molar-refractivity contribution < 1.29 is 9.59 Å². The van der Waals surface area contributed by atoms with Crippen LogP contribution in [-0.4, -0.2) is 21.6 Å². The van der Waals surface area contributed by atoms with Crippen molar-refractivity contribution in [3.63, 3.8) is 0 Å². The van der Waals surface area contributed by atoms with Crippen molar-refractivity contribution in [2.24, 2.45) is 5.92 Å².